The third-order valence-electron chi connectivity index (χ3n) is 9.27. The van der Waals surface area contributed by atoms with E-state index in [2.05, 4.69) is 37.4 Å². The van der Waals surface area contributed by atoms with Gasteiger partial charge in [-0.2, -0.15) is 0 Å². The average Bonchev–Trinajstić information content (AvgIpc) is 2.96. The topological polar surface area (TPSA) is 114 Å². The van der Waals surface area contributed by atoms with Crippen LogP contribution in [0, 0.1) is 40.9 Å². The minimum Gasteiger partial charge on any atom is -0.457 e. The Morgan fingerprint density at radius 1 is 1.36 bits per heavy atom. The lowest BCUT2D eigenvalue weighted by Crippen LogP contribution is -2.56. The molecule has 3 aliphatic carbocycles. The molecule has 4 bridgehead atoms. The van der Waals surface area contributed by atoms with Crippen LogP contribution in [-0.4, -0.2) is 66.8 Å². The van der Waals surface area contributed by atoms with Crippen molar-refractivity contribution in [2.75, 3.05) is 20.2 Å². The molecule has 33 heavy (non-hydrogen) atoms. The van der Waals surface area contributed by atoms with E-state index in [1.165, 1.54) is 5.57 Å². The van der Waals surface area contributed by atoms with Crippen molar-refractivity contribution in [1.82, 2.24) is 5.32 Å². The van der Waals surface area contributed by atoms with E-state index in [0.29, 0.717) is 18.9 Å². The first kappa shape index (κ1) is 24.9. The number of esters is 1. The smallest absolute Gasteiger partial charge is 0.335 e. The molecule has 2 fully saturated rings. The summed E-state index contributed by atoms with van der Waals surface area (Å²) in [7, 11) is 1.54. The molecule has 1 unspecified atom stereocenters. The van der Waals surface area contributed by atoms with Gasteiger partial charge in [-0.05, 0) is 50.4 Å². The van der Waals surface area contributed by atoms with E-state index in [-0.39, 0.29) is 41.0 Å². The Balaban J connectivity index is 1.82. The minimum atomic E-state index is -0.796. The van der Waals surface area contributed by atoms with Gasteiger partial charge in [-0.15, -0.1) is 0 Å². The van der Waals surface area contributed by atoms with Crippen molar-refractivity contribution in [1.29, 1.82) is 0 Å². The molecular formula is C26H42N2O5. The highest BCUT2D eigenvalue weighted by Gasteiger charge is 2.66. The standard InChI is InChI=1S/C26H42N2O5/c1-13-10-14(2)26-12-19-18(21(26)23(30)15(3)22(19)28-9-8-27)7-6-17(26)11-20(32-5)25(31)33-24(13)16(4)29/h6-7,10,13,15-24,28-30H,8-9,11-12,27H2,1-5H3/b14-10+/t13-,15?,16-,17-,18+,19-,20+,21+,22+,23-,24+,26-/m1/s1. The molecule has 7 heteroatoms. The highest BCUT2D eigenvalue weighted by atomic mass is 16.6. The van der Waals surface area contributed by atoms with Gasteiger partial charge >= 0.3 is 5.97 Å². The van der Waals surface area contributed by atoms with E-state index in [1.54, 1.807) is 14.0 Å². The fourth-order valence-electron chi connectivity index (χ4n) is 7.81. The van der Waals surface area contributed by atoms with Gasteiger partial charge in [0.15, 0.2) is 6.10 Å². The number of nitrogens with one attached hydrogen (secondary N) is 1. The Morgan fingerprint density at radius 2 is 2.09 bits per heavy atom. The Morgan fingerprint density at radius 3 is 2.73 bits per heavy atom. The van der Waals surface area contributed by atoms with Gasteiger partial charge in [0.05, 0.1) is 12.2 Å². The summed E-state index contributed by atoms with van der Waals surface area (Å²) in [4.78, 5) is 13.0. The molecule has 1 aliphatic heterocycles. The summed E-state index contributed by atoms with van der Waals surface area (Å²) in [5, 5.41) is 25.7. The van der Waals surface area contributed by atoms with Crippen LogP contribution in [0.2, 0.25) is 0 Å². The molecule has 5 N–H and O–H groups in total. The van der Waals surface area contributed by atoms with Gasteiger partial charge < -0.3 is 30.7 Å². The predicted molar refractivity (Wildman–Crippen MR) is 126 cm³/mol. The molecule has 0 radical (unpaired) electrons. The van der Waals surface area contributed by atoms with E-state index < -0.39 is 30.4 Å². The molecular weight excluding hydrogens is 420 g/mol. The lowest BCUT2D eigenvalue weighted by molar-refractivity contribution is -0.170. The summed E-state index contributed by atoms with van der Waals surface area (Å²) in [6, 6.07) is 0.196. The number of allylic oxidation sites excluding steroid dienone is 3. The van der Waals surface area contributed by atoms with Crippen LogP contribution in [-0.2, 0) is 14.3 Å². The van der Waals surface area contributed by atoms with Crippen molar-refractivity contribution >= 4 is 5.97 Å². The number of aliphatic hydroxyl groups is 2. The molecule has 0 saturated heterocycles. The van der Waals surface area contributed by atoms with Crippen LogP contribution < -0.4 is 11.1 Å². The molecule has 4 rings (SSSR count). The molecule has 0 amide bonds. The Bertz CT molecular complexity index is 798. The summed E-state index contributed by atoms with van der Waals surface area (Å²) in [5.74, 6) is 0.348. The zero-order valence-corrected chi connectivity index (χ0v) is 20.6. The van der Waals surface area contributed by atoms with Gasteiger partial charge in [-0.25, -0.2) is 4.79 Å². The normalized spacial score (nSPS) is 49.6. The van der Waals surface area contributed by atoms with E-state index in [1.807, 2.05) is 6.92 Å². The number of hydrogen-bond acceptors (Lipinski definition) is 7. The minimum absolute atomic E-state index is 0.0582. The number of carbonyl (C=O) groups is 1. The molecule has 0 aromatic carbocycles. The van der Waals surface area contributed by atoms with Crippen molar-refractivity contribution in [3.63, 3.8) is 0 Å². The first-order valence-electron chi connectivity index (χ1n) is 12.6. The number of carbonyl (C=O) groups excluding carboxylic acids is 1. The summed E-state index contributed by atoms with van der Waals surface area (Å²) in [5.41, 5.74) is 6.76. The van der Waals surface area contributed by atoms with Gasteiger partial charge in [-0.1, -0.05) is 37.6 Å². The summed E-state index contributed by atoms with van der Waals surface area (Å²) in [6.45, 7) is 9.27. The SMILES string of the molecule is CO[C@H]1C[C@H]2C=C[C@H]3[C@H]4C[C@]2(/C(C)=C/[C@@H](C)[C@@H]([C@@H](C)O)OC1=O)[C@@H]3[C@H](O)C(C)[C@@H]4NCCN. The molecule has 4 aliphatic rings. The van der Waals surface area contributed by atoms with Crippen LogP contribution in [0.5, 0.6) is 0 Å². The second-order valence-corrected chi connectivity index (χ2v) is 10.9. The molecule has 186 valence electrons. The highest BCUT2D eigenvalue weighted by Crippen LogP contribution is 2.67. The first-order chi connectivity index (χ1) is 15.7. The fraction of sp³-hybridized carbons (Fsp3) is 0.808. The van der Waals surface area contributed by atoms with Crippen LogP contribution >= 0.6 is 0 Å². The number of ether oxygens (including phenoxy) is 2. The maximum Gasteiger partial charge on any atom is 0.335 e. The molecule has 2 saturated carbocycles. The van der Waals surface area contributed by atoms with E-state index in [4.69, 9.17) is 15.2 Å². The van der Waals surface area contributed by atoms with Crippen molar-refractivity contribution in [2.45, 2.75) is 71.0 Å². The maximum absolute atomic E-state index is 13.0. The van der Waals surface area contributed by atoms with Crippen LogP contribution in [0.25, 0.3) is 0 Å². The number of rotatable bonds is 5. The monoisotopic (exact) mass is 462 g/mol. The average molecular weight is 463 g/mol. The Kier molecular flexibility index (Phi) is 7.10. The van der Waals surface area contributed by atoms with Gasteiger partial charge in [-0.3, -0.25) is 0 Å². The second kappa shape index (κ2) is 9.42. The quantitative estimate of drug-likeness (QED) is 0.363. The third kappa shape index (κ3) is 3.90. The first-order valence-corrected chi connectivity index (χ1v) is 12.6. The zero-order valence-electron chi connectivity index (χ0n) is 20.6. The number of hydrogen-bond donors (Lipinski definition) is 4. The van der Waals surface area contributed by atoms with Crippen LogP contribution in [0.3, 0.4) is 0 Å². The van der Waals surface area contributed by atoms with E-state index in [9.17, 15) is 15.0 Å². The van der Waals surface area contributed by atoms with Gasteiger partial charge in [0.2, 0.25) is 0 Å². The highest BCUT2D eigenvalue weighted by molar-refractivity contribution is 5.75. The van der Waals surface area contributed by atoms with Crippen molar-refractivity contribution in [2.24, 2.45) is 46.7 Å². The van der Waals surface area contributed by atoms with Crippen LogP contribution in [0.1, 0.15) is 40.5 Å². The summed E-state index contributed by atoms with van der Waals surface area (Å²) in [6.07, 6.45) is 5.57. The molecule has 1 heterocycles. The molecule has 1 spiro atoms. The lowest BCUT2D eigenvalue weighted by atomic mass is 9.55. The number of aliphatic hydroxyl groups excluding tert-OH is 2. The molecule has 7 nitrogen and oxygen atoms in total. The van der Waals surface area contributed by atoms with Gasteiger partial charge in [0.1, 0.15) is 6.10 Å². The predicted octanol–water partition coefficient (Wildman–Crippen LogP) is 1.63. The number of cyclic esters (lactones) is 1. The number of methoxy groups -OCH3 is 1. The van der Waals surface area contributed by atoms with Gasteiger partial charge in [0, 0.05) is 43.5 Å². The largest absolute Gasteiger partial charge is 0.457 e. The van der Waals surface area contributed by atoms with E-state index >= 15 is 0 Å². The fourth-order valence-corrected chi connectivity index (χ4v) is 7.81. The van der Waals surface area contributed by atoms with Crippen molar-refractivity contribution in [3.8, 4) is 0 Å². The summed E-state index contributed by atoms with van der Waals surface area (Å²) >= 11 is 0. The van der Waals surface area contributed by atoms with Crippen molar-refractivity contribution < 1.29 is 24.5 Å². The second-order valence-electron chi connectivity index (χ2n) is 10.9. The summed E-state index contributed by atoms with van der Waals surface area (Å²) < 4.78 is 11.4. The molecule has 0 aromatic rings. The molecule has 12 atom stereocenters. The Labute approximate surface area is 197 Å². The van der Waals surface area contributed by atoms with Crippen molar-refractivity contribution in [3.05, 3.63) is 23.8 Å². The maximum atomic E-state index is 13.0. The van der Waals surface area contributed by atoms with E-state index in [0.717, 1.165) is 13.0 Å². The van der Waals surface area contributed by atoms with Gasteiger partial charge in [0.25, 0.3) is 0 Å². The molecule has 0 aromatic heterocycles. The third-order valence-corrected chi connectivity index (χ3v) is 9.27. The number of nitrogens with two attached hydrogens (primary N) is 1. The lowest BCUT2D eigenvalue weighted by Gasteiger charge is -2.51. The van der Waals surface area contributed by atoms with Crippen LogP contribution in [0.15, 0.2) is 23.8 Å². The zero-order chi connectivity index (χ0) is 24.1. The van der Waals surface area contributed by atoms with Crippen LogP contribution in [0.4, 0.5) is 0 Å². The Hall–Kier alpha value is -1.25.